The number of halogens is 1. The molecule has 2 aromatic rings. The quantitative estimate of drug-likeness (QED) is 0.409. The Morgan fingerprint density at radius 3 is 2.61 bits per heavy atom. The molecule has 28 heavy (non-hydrogen) atoms. The first-order valence-electron chi connectivity index (χ1n) is 9.79. The predicted octanol–water partition coefficient (Wildman–Crippen LogP) is 5.53. The molecule has 0 bridgehead atoms. The van der Waals surface area contributed by atoms with Crippen molar-refractivity contribution in [1.82, 2.24) is 5.32 Å². The van der Waals surface area contributed by atoms with E-state index in [-0.39, 0.29) is 5.91 Å². The summed E-state index contributed by atoms with van der Waals surface area (Å²) in [5, 5.41) is 3.00. The van der Waals surface area contributed by atoms with Gasteiger partial charge in [0.15, 0.2) is 0 Å². The van der Waals surface area contributed by atoms with Crippen LogP contribution < -0.4 is 14.8 Å². The Morgan fingerprint density at radius 1 is 1.04 bits per heavy atom. The molecule has 0 unspecified atom stereocenters. The van der Waals surface area contributed by atoms with Crippen molar-refractivity contribution in [1.29, 1.82) is 0 Å². The minimum absolute atomic E-state index is 0.0592. The third-order valence-corrected chi connectivity index (χ3v) is 5.28. The van der Waals surface area contributed by atoms with E-state index in [0.717, 1.165) is 16.6 Å². The molecule has 0 heterocycles. The van der Waals surface area contributed by atoms with Crippen molar-refractivity contribution in [2.24, 2.45) is 0 Å². The smallest absolute Gasteiger partial charge is 0.251 e. The predicted molar refractivity (Wildman–Crippen MR) is 115 cm³/mol. The van der Waals surface area contributed by atoms with Crippen LogP contribution in [0, 0.1) is 0 Å². The molecule has 4 nitrogen and oxygen atoms in total. The van der Waals surface area contributed by atoms with Gasteiger partial charge in [-0.3, -0.25) is 4.79 Å². The third-order valence-electron chi connectivity index (χ3n) is 4.66. The molecule has 2 aromatic carbocycles. The van der Waals surface area contributed by atoms with Crippen molar-refractivity contribution in [3.05, 3.63) is 70.2 Å². The third kappa shape index (κ3) is 6.41. The molecule has 5 heteroatoms. The summed E-state index contributed by atoms with van der Waals surface area (Å²) in [6.07, 6.45) is 8.16. The Kier molecular flexibility index (Phi) is 7.97. The number of rotatable bonds is 9. The molecule has 148 valence electrons. The fraction of sp³-hybridized carbons (Fsp3) is 0.348. The van der Waals surface area contributed by atoms with Gasteiger partial charge in [-0.15, -0.1) is 0 Å². The van der Waals surface area contributed by atoms with Gasteiger partial charge >= 0.3 is 0 Å². The molecule has 0 fully saturated rings. The fourth-order valence-corrected chi connectivity index (χ4v) is 3.65. The largest absolute Gasteiger partial charge is 0.490 e. The minimum Gasteiger partial charge on any atom is -0.490 e. The summed E-state index contributed by atoms with van der Waals surface area (Å²) in [6, 6.07) is 15.0. The highest BCUT2D eigenvalue weighted by atomic mass is 79.9. The van der Waals surface area contributed by atoms with Gasteiger partial charge in [-0.1, -0.05) is 29.8 Å². The summed E-state index contributed by atoms with van der Waals surface area (Å²) in [4.78, 5) is 12.4. The number of carbonyl (C=O) groups excluding carboxylic acids is 1. The molecule has 1 amide bonds. The zero-order valence-electron chi connectivity index (χ0n) is 16.0. The molecule has 0 aliphatic heterocycles. The summed E-state index contributed by atoms with van der Waals surface area (Å²) in [5.74, 6) is 1.46. The zero-order valence-corrected chi connectivity index (χ0v) is 17.5. The summed E-state index contributed by atoms with van der Waals surface area (Å²) >= 11 is 3.49. The Morgan fingerprint density at radius 2 is 1.86 bits per heavy atom. The average Bonchev–Trinajstić information content (AvgIpc) is 2.73. The molecule has 0 radical (unpaired) electrons. The second-order valence-electron chi connectivity index (χ2n) is 6.77. The van der Waals surface area contributed by atoms with E-state index in [1.165, 1.54) is 31.3 Å². The van der Waals surface area contributed by atoms with Crippen LogP contribution in [0.1, 0.15) is 42.5 Å². The molecule has 3 rings (SSSR count). The minimum atomic E-state index is -0.0592. The lowest BCUT2D eigenvalue weighted by molar-refractivity contribution is 0.0954. The number of carbonyl (C=O) groups is 1. The number of ether oxygens (including phenoxy) is 2. The maximum atomic E-state index is 12.4. The molecule has 1 N–H and O–H groups in total. The first-order chi connectivity index (χ1) is 13.7. The van der Waals surface area contributed by atoms with Crippen molar-refractivity contribution in [3.8, 4) is 11.5 Å². The van der Waals surface area contributed by atoms with Gasteiger partial charge in [0, 0.05) is 12.1 Å². The van der Waals surface area contributed by atoms with E-state index in [9.17, 15) is 4.79 Å². The number of para-hydroxylation sites is 1. The van der Waals surface area contributed by atoms with Crippen LogP contribution in [0.3, 0.4) is 0 Å². The first-order valence-corrected chi connectivity index (χ1v) is 10.6. The topological polar surface area (TPSA) is 47.6 Å². The van der Waals surface area contributed by atoms with Gasteiger partial charge in [-0.25, -0.2) is 0 Å². The van der Waals surface area contributed by atoms with Crippen molar-refractivity contribution in [2.45, 2.75) is 32.1 Å². The van der Waals surface area contributed by atoms with Gasteiger partial charge in [0.1, 0.15) is 24.7 Å². The Bertz CT molecular complexity index is 805. The first kappa shape index (κ1) is 20.5. The summed E-state index contributed by atoms with van der Waals surface area (Å²) in [5.41, 5.74) is 2.09. The highest BCUT2D eigenvalue weighted by Gasteiger charge is 2.10. The Labute approximate surface area is 175 Å². The second-order valence-corrected chi connectivity index (χ2v) is 7.62. The molecular weight excluding hydrogens is 418 g/mol. The summed E-state index contributed by atoms with van der Waals surface area (Å²) < 4.78 is 12.1. The zero-order chi connectivity index (χ0) is 19.6. The number of hydrogen-bond acceptors (Lipinski definition) is 3. The van der Waals surface area contributed by atoms with Gasteiger partial charge in [-0.05, 0) is 78.4 Å². The highest BCUT2D eigenvalue weighted by molar-refractivity contribution is 9.10. The van der Waals surface area contributed by atoms with Crippen LogP contribution in [-0.4, -0.2) is 25.7 Å². The van der Waals surface area contributed by atoms with Crippen molar-refractivity contribution in [2.75, 3.05) is 19.8 Å². The van der Waals surface area contributed by atoms with Crippen LogP contribution in [0.4, 0.5) is 0 Å². The van der Waals surface area contributed by atoms with Gasteiger partial charge < -0.3 is 14.8 Å². The molecular formula is C23H26BrNO3. The maximum Gasteiger partial charge on any atom is 0.251 e. The molecule has 0 saturated carbocycles. The molecule has 0 aromatic heterocycles. The Hall–Kier alpha value is -2.27. The van der Waals surface area contributed by atoms with Crippen molar-refractivity contribution >= 4 is 21.8 Å². The Balaban J connectivity index is 1.42. The fourth-order valence-electron chi connectivity index (χ4n) is 3.16. The van der Waals surface area contributed by atoms with Gasteiger partial charge in [0.05, 0.1) is 4.47 Å². The van der Waals surface area contributed by atoms with E-state index >= 15 is 0 Å². The van der Waals surface area contributed by atoms with E-state index in [2.05, 4.69) is 27.3 Å². The molecule has 0 atom stereocenters. The van der Waals surface area contributed by atoms with Crippen LogP contribution >= 0.6 is 15.9 Å². The van der Waals surface area contributed by atoms with Gasteiger partial charge in [-0.2, -0.15) is 0 Å². The van der Waals surface area contributed by atoms with Crippen LogP contribution in [0.2, 0.25) is 0 Å². The summed E-state index contributed by atoms with van der Waals surface area (Å²) in [7, 11) is 0. The second kappa shape index (κ2) is 10.9. The monoisotopic (exact) mass is 443 g/mol. The lowest BCUT2D eigenvalue weighted by Crippen LogP contribution is -2.24. The number of hydrogen-bond donors (Lipinski definition) is 1. The van der Waals surface area contributed by atoms with E-state index in [4.69, 9.17) is 9.47 Å². The van der Waals surface area contributed by atoms with E-state index in [1.807, 2.05) is 36.4 Å². The number of allylic oxidation sites excluding steroid dienone is 1. The molecule has 0 saturated heterocycles. The van der Waals surface area contributed by atoms with E-state index < -0.39 is 0 Å². The van der Waals surface area contributed by atoms with Crippen LogP contribution in [0.15, 0.2) is 64.7 Å². The van der Waals surface area contributed by atoms with Crippen LogP contribution in [0.5, 0.6) is 11.5 Å². The van der Waals surface area contributed by atoms with Crippen molar-refractivity contribution in [3.63, 3.8) is 0 Å². The lowest BCUT2D eigenvalue weighted by atomic mass is 9.97. The number of nitrogens with one attached hydrogen (secondary N) is 1. The normalized spacial score (nSPS) is 13.5. The lowest BCUT2D eigenvalue weighted by Gasteiger charge is -2.13. The van der Waals surface area contributed by atoms with Crippen molar-refractivity contribution < 1.29 is 14.3 Å². The molecule has 1 aliphatic rings. The van der Waals surface area contributed by atoms with Gasteiger partial charge in [0.25, 0.3) is 5.91 Å². The molecule has 0 spiro atoms. The van der Waals surface area contributed by atoms with Crippen LogP contribution in [-0.2, 0) is 0 Å². The van der Waals surface area contributed by atoms with E-state index in [1.54, 1.807) is 12.1 Å². The van der Waals surface area contributed by atoms with Gasteiger partial charge in [0.2, 0.25) is 0 Å². The standard InChI is InChI=1S/C23H26BrNO3/c24-21-17-19(23(26)25-14-13-18-7-3-1-4-8-18)11-12-22(21)28-16-15-27-20-9-5-2-6-10-20/h2,5-7,9-12,17H,1,3-4,8,13-16H2,(H,25,26). The maximum absolute atomic E-state index is 12.4. The average molecular weight is 444 g/mol. The number of benzene rings is 2. The van der Waals surface area contributed by atoms with Crippen LogP contribution in [0.25, 0.3) is 0 Å². The van der Waals surface area contributed by atoms with E-state index in [0.29, 0.717) is 31.1 Å². The summed E-state index contributed by atoms with van der Waals surface area (Å²) in [6.45, 7) is 1.56. The SMILES string of the molecule is O=C(NCCC1=CCCCC1)c1ccc(OCCOc2ccccc2)c(Br)c1. The molecule has 1 aliphatic carbocycles. The highest BCUT2D eigenvalue weighted by Crippen LogP contribution is 2.26. The number of amides is 1.